The number of hydrogen-bond acceptors (Lipinski definition) is 4. The molecule has 118 valence electrons. The Bertz CT molecular complexity index is 913. The summed E-state index contributed by atoms with van der Waals surface area (Å²) in [5, 5.41) is 9.80. The van der Waals surface area contributed by atoms with Gasteiger partial charge < -0.3 is 5.11 Å². The summed E-state index contributed by atoms with van der Waals surface area (Å²) in [4.78, 5) is 20.9. The maximum atomic E-state index is 13.4. The molecule has 7 heteroatoms. The van der Waals surface area contributed by atoms with Gasteiger partial charge in [-0.2, -0.15) is 0 Å². The van der Waals surface area contributed by atoms with Crippen LogP contribution in [0, 0.1) is 12.7 Å². The van der Waals surface area contributed by atoms with Gasteiger partial charge >= 0.3 is 0 Å². The van der Waals surface area contributed by atoms with Crippen molar-refractivity contribution >= 4 is 27.5 Å². The predicted octanol–water partition coefficient (Wildman–Crippen LogP) is 3.44. The van der Waals surface area contributed by atoms with E-state index in [0.29, 0.717) is 27.7 Å². The number of fused-ring (bicyclic) bond motifs is 1. The molecule has 0 bridgehead atoms. The van der Waals surface area contributed by atoms with E-state index in [9.17, 15) is 14.3 Å². The second-order valence-corrected chi connectivity index (χ2v) is 6.01. The van der Waals surface area contributed by atoms with E-state index in [4.69, 9.17) is 0 Å². The van der Waals surface area contributed by atoms with E-state index in [1.54, 1.807) is 19.1 Å². The van der Waals surface area contributed by atoms with E-state index < -0.39 is 5.82 Å². The number of aryl methyl sites for hydroxylation is 2. The molecular formula is C16H13BrFN3O2. The largest absolute Gasteiger partial charge is 0.506 e. The first-order valence-corrected chi connectivity index (χ1v) is 7.78. The molecule has 1 aromatic carbocycles. The molecule has 0 atom stereocenters. The van der Waals surface area contributed by atoms with E-state index in [2.05, 4.69) is 25.9 Å². The van der Waals surface area contributed by atoms with Crippen molar-refractivity contribution in [2.24, 2.45) is 0 Å². The van der Waals surface area contributed by atoms with Gasteiger partial charge in [0, 0.05) is 11.8 Å². The Morgan fingerprint density at radius 2 is 2.17 bits per heavy atom. The van der Waals surface area contributed by atoms with Crippen LogP contribution in [0.1, 0.15) is 34.2 Å². The van der Waals surface area contributed by atoms with Gasteiger partial charge in [-0.1, -0.05) is 6.92 Å². The standard InChI is InChI=1S/C16H13BrFN3O2/c1-3-12-13(20-16-19-6-10(18)7-21(12)16)15(23)9-4-8(2)14(22)11(17)5-9/h4-7,22H,3H2,1-2H3. The molecule has 0 aliphatic rings. The molecule has 0 amide bonds. The number of aromatic hydroxyl groups is 1. The predicted molar refractivity (Wildman–Crippen MR) is 86.3 cm³/mol. The van der Waals surface area contributed by atoms with Crippen molar-refractivity contribution in [2.75, 3.05) is 0 Å². The van der Waals surface area contributed by atoms with Crippen LogP contribution in [0.3, 0.4) is 0 Å². The number of imidazole rings is 1. The number of phenolic OH excluding ortho intramolecular Hbond substituents is 1. The molecule has 1 N–H and O–H groups in total. The van der Waals surface area contributed by atoms with E-state index in [1.807, 2.05) is 6.92 Å². The van der Waals surface area contributed by atoms with Crippen LogP contribution in [-0.4, -0.2) is 25.3 Å². The van der Waals surface area contributed by atoms with Gasteiger partial charge in [0.05, 0.1) is 16.4 Å². The van der Waals surface area contributed by atoms with Gasteiger partial charge in [-0.25, -0.2) is 14.4 Å². The van der Waals surface area contributed by atoms with Crippen LogP contribution in [0.4, 0.5) is 4.39 Å². The lowest BCUT2D eigenvalue weighted by atomic mass is 10.0. The number of phenols is 1. The Morgan fingerprint density at radius 3 is 2.83 bits per heavy atom. The zero-order valence-electron chi connectivity index (χ0n) is 12.5. The van der Waals surface area contributed by atoms with Crippen molar-refractivity contribution in [3.8, 4) is 5.75 Å². The number of nitrogens with zero attached hydrogens (tertiary/aromatic N) is 3. The SMILES string of the molecule is CCc1c(C(=O)c2cc(C)c(O)c(Br)c2)nc2ncc(F)cn12. The highest BCUT2D eigenvalue weighted by atomic mass is 79.9. The highest BCUT2D eigenvalue weighted by molar-refractivity contribution is 9.10. The first-order valence-electron chi connectivity index (χ1n) is 6.98. The number of hydrogen-bond donors (Lipinski definition) is 1. The van der Waals surface area contributed by atoms with E-state index >= 15 is 0 Å². The minimum absolute atomic E-state index is 0.0935. The van der Waals surface area contributed by atoms with E-state index in [1.165, 1.54) is 10.6 Å². The molecule has 2 aromatic heterocycles. The van der Waals surface area contributed by atoms with Gasteiger partial charge in [0.2, 0.25) is 11.6 Å². The van der Waals surface area contributed by atoms with Gasteiger partial charge in [-0.3, -0.25) is 9.20 Å². The molecule has 3 rings (SSSR count). The number of ketones is 1. The molecule has 0 fully saturated rings. The number of aromatic nitrogens is 3. The number of halogens is 2. The molecule has 0 aliphatic heterocycles. The summed E-state index contributed by atoms with van der Waals surface area (Å²) in [7, 11) is 0. The van der Waals surface area contributed by atoms with Crippen molar-refractivity contribution in [2.45, 2.75) is 20.3 Å². The van der Waals surface area contributed by atoms with Gasteiger partial charge in [-0.15, -0.1) is 0 Å². The monoisotopic (exact) mass is 377 g/mol. The van der Waals surface area contributed by atoms with Crippen LogP contribution < -0.4 is 0 Å². The normalized spacial score (nSPS) is 11.1. The molecule has 23 heavy (non-hydrogen) atoms. The van der Waals surface area contributed by atoms with Crippen LogP contribution in [0.5, 0.6) is 5.75 Å². The fourth-order valence-corrected chi connectivity index (χ4v) is 3.04. The minimum Gasteiger partial charge on any atom is -0.506 e. The molecule has 0 saturated heterocycles. The summed E-state index contributed by atoms with van der Waals surface area (Å²) in [6.07, 6.45) is 2.84. The van der Waals surface area contributed by atoms with Gasteiger partial charge in [0.1, 0.15) is 11.4 Å². The summed E-state index contributed by atoms with van der Waals surface area (Å²) in [5.74, 6) is -0.416. The maximum absolute atomic E-state index is 13.4. The van der Waals surface area contributed by atoms with Gasteiger partial charge in [-0.05, 0) is 47.0 Å². The third-order valence-electron chi connectivity index (χ3n) is 3.61. The summed E-state index contributed by atoms with van der Waals surface area (Å²) in [6.45, 7) is 3.57. The average Bonchev–Trinajstić information content (AvgIpc) is 2.88. The topological polar surface area (TPSA) is 67.5 Å². The van der Waals surface area contributed by atoms with Crippen molar-refractivity contribution in [1.29, 1.82) is 0 Å². The summed E-state index contributed by atoms with van der Waals surface area (Å²) < 4.78 is 15.3. The third-order valence-corrected chi connectivity index (χ3v) is 4.22. The number of carbonyl (C=O) groups excluding carboxylic acids is 1. The Kier molecular flexibility index (Phi) is 3.89. The van der Waals surface area contributed by atoms with Crippen molar-refractivity contribution < 1.29 is 14.3 Å². The smallest absolute Gasteiger partial charge is 0.234 e. The number of benzene rings is 1. The fraction of sp³-hybridized carbons (Fsp3) is 0.188. The summed E-state index contributed by atoms with van der Waals surface area (Å²) in [6, 6.07) is 3.14. The first-order chi connectivity index (χ1) is 10.9. The van der Waals surface area contributed by atoms with E-state index in [-0.39, 0.29) is 23.0 Å². The number of carbonyl (C=O) groups is 1. The fourth-order valence-electron chi connectivity index (χ4n) is 2.48. The first kappa shape index (κ1) is 15.6. The zero-order chi connectivity index (χ0) is 16.7. The molecule has 0 saturated carbocycles. The Labute approximate surface area is 139 Å². The highest BCUT2D eigenvalue weighted by Crippen LogP contribution is 2.30. The van der Waals surface area contributed by atoms with Crippen molar-refractivity contribution in [1.82, 2.24) is 14.4 Å². The lowest BCUT2D eigenvalue weighted by molar-refractivity contribution is 0.103. The van der Waals surface area contributed by atoms with Crippen LogP contribution in [-0.2, 0) is 6.42 Å². The molecule has 2 heterocycles. The summed E-state index contributed by atoms with van der Waals surface area (Å²) in [5.41, 5.74) is 1.81. The molecule has 0 aliphatic carbocycles. The minimum atomic E-state index is -0.494. The molecule has 0 radical (unpaired) electrons. The third kappa shape index (κ3) is 2.61. The van der Waals surface area contributed by atoms with Crippen molar-refractivity contribution in [3.05, 3.63) is 57.3 Å². The maximum Gasteiger partial charge on any atom is 0.234 e. The quantitative estimate of drug-likeness (QED) is 0.709. The lowest BCUT2D eigenvalue weighted by Gasteiger charge is -2.06. The highest BCUT2D eigenvalue weighted by Gasteiger charge is 2.21. The average molecular weight is 378 g/mol. The van der Waals surface area contributed by atoms with Crippen LogP contribution in [0.15, 0.2) is 29.0 Å². The van der Waals surface area contributed by atoms with Crippen molar-refractivity contribution in [3.63, 3.8) is 0 Å². The second-order valence-electron chi connectivity index (χ2n) is 5.16. The Morgan fingerprint density at radius 1 is 1.43 bits per heavy atom. The van der Waals surface area contributed by atoms with E-state index in [0.717, 1.165) is 6.20 Å². The van der Waals surface area contributed by atoms with Crippen LogP contribution in [0.2, 0.25) is 0 Å². The molecule has 5 nitrogen and oxygen atoms in total. The molecule has 0 unspecified atom stereocenters. The molecular weight excluding hydrogens is 365 g/mol. The molecule has 0 spiro atoms. The number of rotatable bonds is 3. The summed E-state index contributed by atoms with van der Waals surface area (Å²) >= 11 is 3.23. The lowest BCUT2D eigenvalue weighted by Crippen LogP contribution is -2.06. The van der Waals surface area contributed by atoms with Crippen LogP contribution >= 0.6 is 15.9 Å². The Balaban J connectivity index is 2.18. The Hall–Kier alpha value is -2.28. The zero-order valence-corrected chi connectivity index (χ0v) is 14.1. The second kappa shape index (κ2) is 5.73. The molecule has 3 aromatic rings. The van der Waals surface area contributed by atoms with Gasteiger partial charge in [0.15, 0.2) is 5.82 Å². The van der Waals surface area contributed by atoms with Crippen LogP contribution in [0.25, 0.3) is 5.78 Å². The van der Waals surface area contributed by atoms with Gasteiger partial charge in [0.25, 0.3) is 0 Å².